The predicted molar refractivity (Wildman–Crippen MR) is 50.4 cm³/mol. The first-order valence-electron chi connectivity index (χ1n) is 3.81. The summed E-state index contributed by atoms with van der Waals surface area (Å²) in [7, 11) is -4.64. The van der Waals surface area contributed by atoms with Crippen LogP contribution in [0.1, 0.15) is 10.4 Å². The standard InChI is InChI=1S/C8H7F2NO3S/c9-8(10)15(13,14)11-7-3-1-6(5-12)2-4-7/h1-5,8,11H. The van der Waals surface area contributed by atoms with Gasteiger partial charge in [0.05, 0.1) is 0 Å². The number of hydrogen-bond donors (Lipinski definition) is 1. The molecule has 15 heavy (non-hydrogen) atoms. The van der Waals surface area contributed by atoms with Gasteiger partial charge < -0.3 is 0 Å². The monoisotopic (exact) mass is 235 g/mol. The van der Waals surface area contributed by atoms with E-state index in [9.17, 15) is 22.0 Å². The number of carbonyl (C=O) groups excluding carboxylic acids is 1. The fourth-order valence-electron chi connectivity index (χ4n) is 0.839. The van der Waals surface area contributed by atoms with E-state index in [4.69, 9.17) is 0 Å². The number of anilines is 1. The molecular weight excluding hydrogens is 228 g/mol. The Labute approximate surface area is 85.0 Å². The predicted octanol–water partition coefficient (Wildman–Crippen LogP) is 1.46. The van der Waals surface area contributed by atoms with Crippen LogP contribution in [0.2, 0.25) is 0 Å². The third-order valence-corrected chi connectivity index (χ3v) is 2.53. The van der Waals surface area contributed by atoms with E-state index in [0.29, 0.717) is 11.8 Å². The Bertz CT molecular complexity index is 441. The number of benzene rings is 1. The van der Waals surface area contributed by atoms with Crippen molar-refractivity contribution >= 4 is 22.0 Å². The minimum atomic E-state index is -4.64. The van der Waals surface area contributed by atoms with Crippen LogP contribution in [0.5, 0.6) is 0 Å². The van der Waals surface area contributed by atoms with E-state index < -0.39 is 15.8 Å². The smallest absolute Gasteiger partial charge is 0.298 e. The van der Waals surface area contributed by atoms with Crippen LogP contribution >= 0.6 is 0 Å². The topological polar surface area (TPSA) is 63.2 Å². The number of halogens is 2. The molecule has 0 aromatic heterocycles. The third-order valence-electron chi connectivity index (χ3n) is 1.54. The number of sulfonamides is 1. The SMILES string of the molecule is O=Cc1ccc(NS(=O)(=O)C(F)F)cc1. The Hall–Kier alpha value is -1.50. The van der Waals surface area contributed by atoms with Gasteiger partial charge in [-0.25, -0.2) is 8.42 Å². The quantitative estimate of drug-likeness (QED) is 0.803. The molecule has 0 aliphatic heterocycles. The van der Waals surface area contributed by atoms with Crippen molar-refractivity contribution in [2.45, 2.75) is 5.76 Å². The lowest BCUT2D eigenvalue weighted by Crippen LogP contribution is -2.20. The van der Waals surface area contributed by atoms with Gasteiger partial charge in [-0.3, -0.25) is 9.52 Å². The van der Waals surface area contributed by atoms with Crippen molar-refractivity contribution in [2.24, 2.45) is 0 Å². The average Bonchev–Trinajstić information content (AvgIpc) is 2.18. The van der Waals surface area contributed by atoms with Crippen molar-refractivity contribution in [3.8, 4) is 0 Å². The van der Waals surface area contributed by atoms with Gasteiger partial charge in [-0.1, -0.05) is 0 Å². The minimum Gasteiger partial charge on any atom is -0.298 e. The molecule has 7 heteroatoms. The third kappa shape index (κ3) is 2.98. The number of rotatable bonds is 4. The second-order valence-corrected chi connectivity index (χ2v) is 4.30. The van der Waals surface area contributed by atoms with Gasteiger partial charge in [0.25, 0.3) is 10.0 Å². The van der Waals surface area contributed by atoms with Gasteiger partial charge in [0.1, 0.15) is 6.29 Å². The van der Waals surface area contributed by atoms with E-state index in [-0.39, 0.29) is 5.69 Å². The Kier molecular flexibility index (Phi) is 3.35. The molecular formula is C8H7F2NO3S. The second kappa shape index (κ2) is 4.35. The minimum absolute atomic E-state index is 0.0131. The van der Waals surface area contributed by atoms with Crippen LogP contribution in [0, 0.1) is 0 Å². The summed E-state index contributed by atoms with van der Waals surface area (Å²) >= 11 is 0. The van der Waals surface area contributed by atoms with Gasteiger partial charge in [0.15, 0.2) is 0 Å². The summed E-state index contributed by atoms with van der Waals surface area (Å²) in [5.41, 5.74) is 0.316. The molecule has 0 aliphatic rings. The van der Waals surface area contributed by atoms with Crippen LogP contribution < -0.4 is 4.72 Å². The van der Waals surface area contributed by atoms with E-state index in [2.05, 4.69) is 0 Å². The highest BCUT2D eigenvalue weighted by Gasteiger charge is 2.23. The highest BCUT2D eigenvalue weighted by atomic mass is 32.2. The highest BCUT2D eigenvalue weighted by molar-refractivity contribution is 7.93. The van der Waals surface area contributed by atoms with Crippen LogP contribution in [-0.4, -0.2) is 20.5 Å². The maximum atomic E-state index is 11.9. The molecule has 0 atom stereocenters. The zero-order valence-electron chi connectivity index (χ0n) is 7.35. The zero-order chi connectivity index (χ0) is 11.5. The summed E-state index contributed by atoms with van der Waals surface area (Å²) in [6, 6.07) is 5.08. The molecule has 1 aromatic rings. The van der Waals surface area contributed by atoms with Crippen LogP contribution in [0.3, 0.4) is 0 Å². The number of nitrogens with one attached hydrogen (secondary N) is 1. The summed E-state index contributed by atoms with van der Waals surface area (Å²) in [5.74, 6) is -3.48. The molecule has 0 saturated heterocycles. The molecule has 0 bridgehead atoms. The Morgan fingerprint density at radius 2 is 1.73 bits per heavy atom. The van der Waals surface area contributed by atoms with Gasteiger partial charge in [0, 0.05) is 11.3 Å². The first-order valence-corrected chi connectivity index (χ1v) is 5.35. The number of hydrogen-bond acceptors (Lipinski definition) is 3. The molecule has 0 unspecified atom stereocenters. The number of carbonyl (C=O) groups is 1. The lowest BCUT2D eigenvalue weighted by molar-refractivity contribution is 0.112. The molecule has 0 heterocycles. The lowest BCUT2D eigenvalue weighted by atomic mass is 10.2. The van der Waals surface area contributed by atoms with Crippen LogP contribution in [0.4, 0.5) is 14.5 Å². The fraction of sp³-hybridized carbons (Fsp3) is 0.125. The first-order chi connectivity index (χ1) is 6.95. The van der Waals surface area contributed by atoms with Crippen LogP contribution in [0.25, 0.3) is 0 Å². The van der Waals surface area contributed by atoms with Gasteiger partial charge in [-0.15, -0.1) is 0 Å². The van der Waals surface area contributed by atoms with E-state index in [1.807, 2.05) is 0 Å². The summed E-state index contributed by atoms with van der Waals surface area (Å²) in [6.45, 7) is 0. The summed E-state index contributed by atoms with van der Waals surface area (Å²) in [6.07, 6.45) is 0.561. The second-order valence-electron chi connectivity index (χ2n) is 2.65. The summed E-state index contributed by atoms with van der Waals surface area (Å²) in [5, 5.41) is 0. The van der Waals surface area contributed by atoms with Gasteiger partial charge in [-0.05, 0) is 24.3 Å². The average molecular weight is 235 g/mol. The van der Waals surface area contributed by atoms with Crippen molar-refractivity contribution < 1.29 is 22.0 Å². The van der Waals surface area contributed by atoms with Crippen molar-refractivity contribution in [1.82, 2.24) is 0 Å². The van der Waals surface area contributed by atoms with E-state index >= 15 is 0 Å². The normalized spacial score (nSPS) is 11.4. The molecule has 0 amide bonds. The van der Waals surface area contributed by atoms with E-state index in [0.717, 1.165) is 0 Å². The molecule has 1 N–H and O–H groups in total. The molecule has 0 aliphatic carbocycles. The first kappa shape index (κ1) is 11.6. The molecule has 0 spiro atoms. The van der Waals surface area contributed by atoms with Crippen molar-refractivity contribution in [1.29, 1.82) is 0 Å². The molecule has 0 radical (unpaired) electrons. The summed E-state index contributed by atoms with van der Waals surface area (Å²) in [4.78, 5) is 10.3. The molecule has 1 rings (SSSR count). The van der Waals surface area contributed by atoms with E-state index in [1.54, 1.807) is 4.72 Å². The molecule has 1 aromatic carbocycles. The Morgan fingerprint density at radius 1 is 1.20 bits per heavy atom. The zero-order valence-corrected chi connectivity index (χ0v) is 8.17. The fourth-order valence-corrected chi connectivity index (χ4v) is 1.39. The Balaban J connectivity index is 2.87. The Morgan fingerprint density at radius 3 is 2.13 bits per heavy atom. The highest BCUT2D eigenvalue weighted by Crippen LogP contribution is 2.13. The van der Waals surface area contributed by atoms with Crippen molar-refractivity contribution in [3.05, 3.63) is 29.8 Å². The van der Waals surface area contributed by atoms with Gasteiger partial charge in [0.2, 0.25) is 0 Å². The number of aldehydes is 1. The lowest BCUT2D eigenvalue weighted by Gasteiger charge is -2.06. The molecule has 0 fully saturated rings. The maximum absolute atomic E-state index is 11.9. The molecule has 4 nitrogen and oxygen atoms in total. The molecule has 0 saturated carbocycles. The van der Waals surface area contributed by atoms with Crippen molar-refractivity contribution in [2.75, 3.05) is 4.72 Å². The van der Waals surface area contributed by atoms with Gasteiger partial charge >= 0.3 is 5.76 Å². The number of alkyl halides is 2. The largest absolute Gasteiger partial charge is 0.355 e. The van der Waals surface area contributed by atoms with Crippen LogP contribution in [-0.2, 0) is 10.0 Å². The van der Waals surface area contributed by atoms with Crippen molar-refractivity contribution in [3.63, 3.8) is 0 Å². The maximum Gasteiger partial charge on any atom is 0.355 e. The summed E-state index contributed by atoms with van der Waals surface area (Å²) < 4.78 is 47.0. The van der Waals surface area contributed by atoms with Crippen LogP contribution in [0.15, 0.2) is 24.3 Å². The molecule has 82 valence electrons. The van der Waals surface area contributed by atoms with E-state index in [1.165, 1.54) is 24.3 Å². The van der Waals surface area contributed by atoms with Gasteiger partial charge in [-0.2, -0.15) is 8.78 Å².